The van der Waals surface area contributed by atoms with Gasteiger partial charge in [-0.25, -0.2) is 4.79 Å². The number of hydrogen-bond donors (Lipinski definition) is 1. The van der Waals surface area contributed by atoms with Crippen LogP contribution in [0.25, 0.3) is 0 Å². The van der Waals surface area contributed by atoms with Crippen LogP contribution in [0.5, 0.6) is 0 Å². The van der Waals surface area contributed by atoms with Crippen LogP contribution in [0.15, 0.2) is 48.5 Å². The van der Waals surface area contributed by atoms with Crippen molar-refractivity contribution in [2.45, 2.75) is 37.6 Å². The average Bonchev–Trinajstić information content (AvgIpc) is 3.29. The summed E-state index contributed by atoms with van der Waals surface area (Å²) in [4.78, 5) is 14.7. The molecule has 2 aliphatic rings. The van der Waals surface area contributed by atoms with Crippen LogP contribution >= 0.6 is 11.6 Å². The normalized spacial score (nSPS) is 20.6. The van der Waals surface area contributed by atoms with E-state index < -0.39 is 0 Å². The molecular weight excluding hydrogens is 320 g/mol. The van der Waals surface area contributed by atoms with Crippen LogP contribution in [0.2, 0.25) is 5.02 Å². The van der Waals surface area contributed by atoms with E-state index in [0.717, 1.165) is 30.0 Å². The van der Waals surface area contributed by atoms with Gasteiger partial charge >= 0.3 is 6.03 Å². The van der Waals surface area contributed by atoms with Crippen molar-refractivity contribution in [1.29, 1.82) is 0 Å². The lowest BCUT2D eigenvalue weighted by molar-refractivity contribution is 0.244. The molecule has 3 nitrogen and oxygen atoms in total. The monoisotopic (exact) mass is 340 g/mol. The summed E-state index contributed by atoms with van der Waals surface area (Å²) in [6, 6.07) is 16.4. The van der Waals surface area contributed by atoms with E-state index in [1.165, 1.54) is 11.1 Å². The number of rotatable bonds is 3. The smallest absolute Gasteiger partial charge is 0.322 e. The number of para-hydroxylation sites is 1. The van der Waals surface area contributed by atoms with Crippen molar-refractivity contribution in [1.82, 2.24) is 5.32 Å². The Labute approximate surface area is 147 Å². The first kappa shape index (κ1) is 15.5. The predicted octanol–water partition coefficient (Wildman–Crippen LogP) is 4.53. The van der Waals surface area contributed by atoms with Crippen LogP contribution < -0.4 is 10.2 Å². The standard InChI is InChI=1S/C20H21ClN2O/c1-14-12-15-4-2-3-5-18(15)23(14)19(24)22-13-20(10-11-20)16-6-8-17(21)9-7-16/h2-9,14H,10-13H2,1H3,(H,22,24). The Hall–Kier alpha value is -2.00. The molecule has 24 heavy (non-hydrogen) atoms. The van der Waals surface area contributed by atoms with Crippen molar-refractivity contribution in [2.75, 3.05) is 11.4 Å². The average molecular weight is 341 g/mol. The number of urea groups is 1. The van der Waals surface area contributed by atoms with Crippen molar-refractivity contribution in [2.24, 2.45) is 0 Å². The Balaban J connectivity index is 1.47. The molecule has 1 fully saturated rings. The second-order valence-electron chi connectivity index (χ2n) is 7.00. The molecule has 4 heteroatoms. The van der Waals surface area contributed by atoms with Crippen LogP contribution in [0, 0.1) is 0 Å². The summed E-state index contributed by atoms with van der Waals surface area (Å²) >= 11 is 5.98. The first-order chi connectivity index (χ1) is 11.6. The zero-order valence-electron chi connectivity index (χ0n) is 13.8. The van der Waals surface area contributed by atoms with Crippen LogP contribution in [0.4, 0.5) is 10.5 Å². The van der Waals surface area contributed by atoms with Gasteiger partial charge < -0.3 is 5.32 Å². The summed E-state index contributed by atoms with van der Waals surface area (Å²) in [5, 5.41) is 3.92. The Morgan fingerprint density at radius 2 is 1.92 bits per heavy atom. The number of fused-ring (bicyclic) bond motifs is 1. The van der Waals surface area contributed by atoms with Crippen molar-refractivity contribution >= 4 is 23.3 Å². The van der Waals surface area contributed by atoms with Gasteiger partial charge in [-0.05, 0) is 55.5 Å². The third-order valence-corrected chi connectivity index (χ3v) is 5.57. The Kier molecular flexibility index (Phi) is 3.76. The Morgan fingerprint density at radius 3 is 2.62 bits per heavy atom. The molecule has 0 bridgehead atoms. The Morgan fingerprint density at radius 1 is 1.21 bits per heavy atom. The number of nitrogens with zero attached hydrogens (tertiary/aromatic N) is 1. The van der Waals surface area contributed by atoms with E-state index >= 15 is 0 Å². The van der Waals surface area contributed by atoms with Gasteiger partial charge in [0.15, 0.2) is 0 Å². The Bertz CT molecular complexity index is 767. The molecule has 0 saturated heterocycles. The van der Waals surface area contributed by atoms with E-state index in [2.05, 4.69) is 30.4 Å². The number of anilines is 1. The highest BCUT2D eigenvalue weighted by atomic mass is 35.5. The van der Waals surface area contributed by atoms with Gasteiger partial charge in [-0.3, -0.25) is 4.90 Å². The molecule has 1 aliphatic carbocycles. The summed E-state index contributed by atoms with van der Waals surface area (Å²) in [7, 11) is 0. The third-order valence-electron chi connectivity index (χ3n) is 5.31. The summed E-state index contributed by atoms with van der Waals surface area (Å²) in [6.07, 6.45) is 3.15. The van der Waals surface area contributed by atoms with E-state index in [-0.39, 0.29) is 17.5 Å². The molecule has 2 aromatic rings. The first-order valence-corrected chi connectivity index (χ1v) is 8.88. The highest BCUT2D eigenvalue weighted by Crippen LogP contribution is 2.47. The molecule has 1 atom stereocenters. The highest BCUT2D eigenvalue weighted by molar-refractivity contribution is 6.30. The van der Waals surface area contributed by atoms with E-state index in [1.807, 2.05) is 35.2 Å². The predicted molar refractivity (Wildman–Crippen MR) is 97.8 cm³/mol. The largest absolute Gasteiger partial charge is 0.337 e. The molecule has 0 aromatic heterocycles. The van der Waals surface area contributed by atoms with E-state index in [1.54, 1.807) is 0 Å². The third kappa shape index (κ3) is 2.67. The lowest BCUT2D eigenvalue weighted by Gasteiger charge is -2.25. The van der Waals surface area contributed by atoms with Crippen molar-refractivity contribution < 1.29 is 4.79 Å². The molecule has 1 aliphatic heterocycles. The number of halogens is 1. The number of hydrogen-bond acceptors (Lipinski definition) is 1. The number of nitrogens with one attached hydrogen (secondary N) is 1. The zero-order chi connectivity index (χ0) is 16.7. The molecule has 124 valence electrons. The number of amides is 2. The van der Waals surface area contributed by atoms with Crippen LogP contribution in [0.1, 0.15) is 30.9 Å². The van der Waals surface area contributed by atoms with Gasteiger partial charge in [0.2, 0.25) is 0 Å². The van der Waals surface area contributed by atoms with Gasteiger partial charge in [0, 0.05) is 28.7 Å². The van der Waals surface area contributed by atoms with Crippen molar-refractivity contribution in [3.8, 4) is 0 Å². The minimum Gasteiger partial charge on any atom is -0.337 e. The SMILES string of the molecule is CC1Cc2ccccc2N1C(=O)NCC1(c2ccc(Cl)cc2)CC1. The molecule has 2 aromatic carbocycles. The molecule has 0 radical (unpaired) electrons. The van der Waals surface area contributed by atoms with E-state index in [0.29, 0.717) is 6.54 Å². The fourth-order valence-corrected chi connectivity index (χ4v) is 3.85. The zero-order valence-corrected chi connectivity index (χ0v) is 14.5. The van der Waals surface area contributed by atoms with Crippen LogP contribution in [-0.4, -0.2) is 18.6 Å². The summed E-state index contributed by atoms with van der Waals surface area (Å²) in [6.45, 7) is 2.78. The topological polar surface area (TPSA) is 32.3 Å². The molecule has 0 spiro atoms. The number of carbonyl (C=O) groups excluding carboxylic acids is 1. The van der Waals surface area contributed by atoms with E-state index in [4.69, 9.17) is 11.6 Å². The van der Waals surface area contributed by atoms with Gasteiger partial charge in [0.1, 0.15) is 0 Å². The molecule has 2 amide bonds. The van der Waals surface area contributed by atoms with Gasteiger partial charge in [-0.15, -0.1) is 0 Å². The minimum absolute atomic E-state index is 0.00712. The number of benzene rings is 2. The quantitative estimate of drug-likeness (QED) is 0.874. The molecule has 1 saturated carbocycles. The molecular formula is C20H21ClN2O. The van der Waals surface area contributed by atoms with Gasteiger partial charge in [0.25, 0.3) is 0 Å². The van der Waals surface area contributed by atoms with Gasteiger partial charge in [0.05, 0.1) is 0 Å². The molecule has 1 unspecified atom stereocenters. The summed E-state index contributed by atoms with van der Waals surface area (Å²) in [5.41, 5.74) is 3.64. The summed E-state index contributed by atoms with van der Waals surface area (Å²) in [5.74, 6) is 0. The minimum atomic E-state index is 0.00712. The maximum Gasteiger partial charge on any atom is 0.322 e. The number of carbonyl (C=O) groups is 1. The fraction of sp³-hybridized carbons (Fsp3) is 0.350. The molecule has 4 rings (SSSR count). The lowest BCUT2D eigenvalue weighted by Crippen LogP contribution is -2.45. The fourth-order valence-electron chi connectivity index (χ4n) is 3.73. The highest BCUT2D eigenvalue weighted by Gasteiger charge is 2.45. The second-order valence-corrected chi connectivity index (χ2v) is 7.43. The van der Waals surface area contributed by atoms with Gasteiger partial charge in [-0.1, -0.05) is 41.9 Å². The maximum atomic E-state index is 12.8. The molecule has 1 heterocycles. The maximum absolute atomic E-state index is 12.8. The van der Waals surface area contributed by atoms with Crippen LogP contribution in [0.3, 0.4) is 0 Å². The second kappa shape index (κ2) is 5.82. The molecule has 1 N–H and O–H groups in total. The first-order valence-electron chi connectivity index (χ1n) is 8.50. The van der Waals surface area contributed by atoms with Crippen molar-refractivity contribution in [3.63, 3.8) is 0 Å². The summed E-state index contributed by atoms with van der Waals surface area (Å²) < 4.78 is 0. The van der Waals surface area contributed by atoms with Gasteiger partial charge in [-0.2, -0.15) is 0 Å². The van der Waals surface area contributed by atoms with E-state index in [9.17, 15) is 4.79 Å². The van der Waals surface area contributed by atoms with Crippen molar-refractivity contribution in [3.05, 3.63) is 64.7 Å². The lowest BCUT2D eigenvalue weighted by atomic mass is 9.96. The van der Waals surface area contributed by atoms with Crippen LogP contribution in [-0.2, 0) is 11.8 Å².